The van der Waals surface area contributed by atoms with Gasteiger partial charge < -0.3 is 5.73 Å². The zero-order valence-corrected chi connectivity index (χ0v) is 6.98. The van der Waals surface area contributed by atoms with Crippen molar-refractivity contribution in [2.75, 3.05) is 6.54 Å². The van der Waals surface area contributed by atoms with Crippen LogP contribution < -0.4 is 5.73 Å². The first-order chi connectivity index (χ1) is 4.67. The Labute approximate surface area is 64.4 Å². The van der Waals surface area contributed by atoms with Gasteiger partial charge in [0, 0.05) is 17.3 Å². The number of hydrogen-bond donors (Lipinski definition) is 1. The average molecular weight is 157 g/mol. The number of rotatable bonds is 2. The molecule has 0 aliphatic heterocycles. The molecule has 1 aromatic rings. The summed E-state index contributed by atoms with van der Waals surface area (Å²) in [4.78, 5) is 0. The van der Waals surface area contributed by atoms with Crippen LogP contribution in [-0.2, 0) is 5.41 Å². The van der Waals surface area contributed by atoms with E-state index in [2.05, 4.69) is 23.4 Å². The van der Waals surface area contributed by atoms with Crippen LogP contribution in [0.5, 0.6) is 0 Å². The largest absolute Gasteiger partial charge is 0.330 e. The van der Waals surface area contributed by atoms with Crippen LogP contribution in [-0.4, -0.2) is 16.1 Å². The van der Waals surface area contributed by atoms with E-state index in [0.29, 0.717) is 6.54 Å². The molecule has 1 aromatic heterocycles. The van der Waals surface area contributed by atoms with Crippen LogP contribution in [0, 0.1) is 0 Å². The standard InChI is InChI=1S/C6H11N3S/c1-6(2,4-7)5-3-10-9-8-5/h3H,4,7H2,1-2H3. The summed E-state index contributed by atoms with van der Waals surface area (Å²) in [5.41, 5.74) is 6.50. The van der Waals surface area contributed by atoms with Gasteiger partial charge in [-0.25, -0.2) is 0 Å². The van der Waals surface area contributed by atoms with E-state index in [9.17, 15) is 0 Å². The summed E-state index contributed by atoms with van der Waals surface area (Å²) in [5, 5.41) is 5.88. The monoisotopic (exact) mass is 157 g/mol. The molecule has 0 unspecified atom stereocenters. The first-order valence-corrected chi connectivity index (χ1v) is 3.98. The fourth-order valence-electron chi connectivity index (χ4n) is 0.564. The Bertz CT molecular complexity index is 193. The van der Waals surface area contributed by atoms with E-state index in [-0.39, 0.29) is 5.41 Å². The fourth-order valence-corrected chi connectivity index (χ4v) is 1.21. The van der Waals surface area contributed by atoms with Crippen molar-refractivity contribution in [1.29, 1.82) is 0 Å². The SMILES string of the molecule is CC(C)(CN)c1csnn1. The molecule has 0 saturated heterocycles. The summed E-state index contributed by atoms with van der Waals surface area (Å²) in [6, 6.07) is 0. The highest BCUT2D eigenvalue weighted by atomic mass is 32.1. The van der Waals surface area contributed by atoms with Crippen molar-refractivity contribution >= 4 is 11.5 Å². The Kier molecular flexibility index (Phi) is 2.01. The van der Waals surface area contributed by atoms with Crippen molar-refractivity contribution in [2.45, 2.75) is 19.3 Å². The Morgan fingerprint density at radius 3 is 2.80 bits per heavy atom. The highest BCUT2D eigenvalue weighted by Crippen LogP contribution is 2.19. The van der Waals surface area contributed by atoms with Gasteiger partial charge in [0.25, 0.3) is 0 Å². The zero-order valence-electron chi connectivity index (χ0n) is 6.16. The first-order valence-electron chi connectivity index (χ1n) is 3.14. The van der Waals surface area contributed by atoms with Crippen LogP contribution in [0.4, 0.5) is 0 Å². The predicted molar refractivity (Wildman–Crippen MR) is 42.0 cm³/mol. The van der Waals surface area contributed by atoms with E-state index in [1.54, 1.807) is 0 Å². The van der Waals surface area contributed by atoms with Crippen molar-refractivity contribution in [3.05, 3.63) is 11.1 Å². The minimum atomic E-state index is -0.0208. The minimum absolute atomic E-state index is 0.0208. The molecule has 4 heteroatoms. The summed E-state index contributed by atoms with van der Waals surface area (Å²) in [6.45, 7) is 4.73. The molecule has 0 amide bonds. The van der Waals surface area contributed by atoms with Crippen LogP contribution in [0.1, 0.15) is 19.5 Å². The second kappa shape index (κ2) is 2.64. The second-order valence-electron chi connectivity index (χ2n) is 2.88. The summed E-state index contributed by atoms with van der Waals surface area (Å²) in [7, 11) is 0. The quantitative estimate of drug-likeness (QED) is 0.690. The lowest BCUT2D eigenvalue weighted by atomic mass is 9.91. The molecular weight excluding hydrogens is 146 g/mol. The van der Waals surface area contributed by atoms with Crippen LogP contribution in [0.2, 0.25) is 0 Å². The van der Waals surface area contributed by atoms with Gasteiger partial charge in [0.2, 0.25) is 0 Å². The second-order valence-corrected chi connectivity index (χ2v) is 3.49. The molecule has 0 aliphatic rings. The summed E-state index contributed by atoms with van der Waals surface area (Å²) in [5.74, 6) is 0. The van der Waals surface area contributed by atoms with Crippen molar-refractivity contribution < 1.29 is 0 Å². The van der Waals surface area contributed by atoms with E-state index in [0.717, 1.165) is 5.69 Å². The molecule has 0 spiro atoms. The summed E-state index contributed by atoms with van der Waals surface area (Å²) < 4.78 is 3.77. The molecule has 0 fully saturated rings. The Morgan fingerprint density at radius 2 is 2.40 bits per heavy atom. The van der Waals surface area contributed by atoms with Crippen LogP contribution in [0.3, 0.4) is 0 Å². The smallest absolute Gasteiger partial charge is 0.0824 e. The van der Waals surface area contributed by atoms with Gasteiger partial charge in [0.05, 0.1) is 5.69 Å². The van der Waals surface area contributed by atoms with Gasteiger partial charge in [-0.2, -0.15) is 0 Å². The Hall–Kier alpha value is -0.480. The van der Waals surface area contributed by atoms with Crippen molar-refractivity contribution in [2.24, 2.45) is 5.73 Å². The summed E-state index contributed by atoms with van der Waals surface area (Å²) >= 11 is 1.37. The lowest BCUT2D eigenvalue weighted by Gasteiger charge is -2.17. The molecule has 0 saturated carbocycles. The number of nitrogens with zero attached hydrogens (tertiary/aromatic N) is 2. The topological polar surface area (TPSA) is 51.8 Å². The minimum Gasteiger partial charge on any atom is -0.330 e. The van der Waals surface area contributed by atoms with Crippen LogP contribution in [0.15, 0.2) is 5.38 Å². The third kappa shape index (κ3) is 1.33. The molecule has 2 N–H and O–H groups in total. The van der Waals surface area contributed by atoms with E-state index >= 15 is 0 Å². The molecule has 1 heterocycles. The first kappa shape index (κ1) is 7.63. The molecule has 0 aromatic carbocycles. The lowest BCUT2D eigenvalue weighted by molar-refractivity contribution is 0.520. The molecule has 0 aliphatic carbocycles. The summed E-state index contributed by atoms with van der Waals surface area (Å²) in [6.07, 6.45) is 0. The highest BCUT2D eigenvalue weighted by molar-refractivity contribution is 7.03. The molecule has 0 atom stereocenters. The number of aromatic nitrogens is 2. The van der Waals surface area contributed by atoms with Gasteiger partial charge in [-0.15, -0.1) is 5.10 Å². The molecule has 0 bridgehead atoms. The van der Waals surface area contributed by atoms with Gasteiger partial charge >= 0.3 is 0 Å². The third-order valence-corrected chi connectivity index (χ3v) is 2.07. The number of hydrogen-bond acceptors (Lipinski definition) is 4. The molecular formula is C6H11N3S. The predicted octanol–water partition coefficient (Wildman–Crippen LogP) is 0.774. The highest BCUT2D eigenvalue weighted by Gasteiger charge is 2.20. The normalized spacial score (nSPS) is 11.9. The van der Waals surface area contributed by atoms with Gasteiger partial charge in [-0.1, -0.05) is 18.3 Å². The number of nitrogens with two attached hydrogens (primary N) is 1. The van der Waals surface area contributed by atoms with Crippen LogP contribution >= 0.6 is 11.5 Å². The fraction of sp³-hybridized carbons (Fsp3) is 0.667. The van der Waals surface area contributed by atoms with Gasteiger partial charge in [0.15, 0.2) is 0 Å². The average Bonchev–Trinajstić information content (AvgIpc) is 2.38. The van der Waals surface area contributed by atoms with Gasteiger partial charge in [-0.3, -0.25) is 0 Å². The zero-order chi connectivity index (χ0) is 7.61. The van der Waals surface area contributed by atoms with E-state index in [4.69, 9.17) is 5.73 Å². The van der Waals surface area contributed by atoms with E-state index in [1.165, 1.54) is 11.5 Å². The lowest BCUT2D eigenvalue weighted by Crippen LogP contribution is -2.28. The van der Waals surface area contributed by atoms with E-state index < -0.39 is 0 Å². The maximum Gasteiger partial charge on any atom is 0.0824 e. The van der Waals surface area contributed by atoms with Crippen molar-refractivity contribution in [1.82, 2.24) is 9.59 Å². The maximum absolute atomic E-state index is 5.53. The van der Waals surface area contributed by atoms with Gasteiger partial charge in [-0.05, 0) is 11.5 Å². The molecule has 10 heavy (non-hydrogen) atoms. The van der Waals surface area contributed by atoms with Gasteiger partial charge in [0.1, 0.15) is 0 Å². The van der Waals surface area contributed by atoms with Crippen molar-refractivity contribution in [3.63, 3.8) is 0 Å². The molecule has 3 nitrogen and oxygen atoms in total. The molecule has 0 radical (unpaired) electrons. The molecule has 1 rings (SSSR count). The van der Waals surface area contributed by atoms with Crippen molar-refractivity contribution in [3.8, 4) is 0 Å². The Morgan fingerprint density at radius 1 is 1.70 bits per heavy atom. The third-order valence-electron chi connectivity index (χ3n) is 1.56. The Balaban J connectivity index is 2.85. The maximum atomic E-state index is 5.53. The van der Waals surface area contributed by atoms with E-state index in [1.807, 2.05) is 5.38 Å². The van der Waals surface area contributed by atoms with Crippen LogP contribution in [0.25, 0.3) is 0 Å². The molecule has 56 valence electrons.